The molecule has 0 unspecified atom stereocenters. The average molecular weight is 399 g/mol. The summed E-state index contributed by atoms with van der Waals surface area (Å²) in [6, 6.07) is 22.7. The molecule has 1 aromatic heterocycles. The van der Waals surface area contributed by atoms with Gasteiger partial charge in [-0.05, 0) is 49.7 Å². The first-order chi connectivity index (χ1) is 14.6. The summed E-state index contributed by atoms with van der Waals surface area (Å²) in [5.74, 6) is 1.43. The van der Waals surface area contributed by atoms with Crippen LogP contribution in [0.5, 0.6) is 5.75 Å². The minimum atomic E-state index is -0.231. The number of amides is 1. The van der Waals surface area contributed by atoms with Crippen molar-refractivity contribution in [3.63, 3.8) is 0 Å². The normalized spacial score (nSPS) is 10.6. The zero-order chi connectivity index (χ0) is 20.9. The highest BCUT2D eigenvalue weighted by Crippen LogP contribution is 2.24. The van der Waals surface area contributed by atoms with Crippen LogP contribution in [0, 0.1) is 13.8 Å². The summed E-state index contributed by atoms with van der Waals surface area (Å²) in [5, 5.41) is 6.87. The van der Waals surface area contributed by atoms with Crippen LogP contribution < -0.4 is 10.1 Å². The second-order valence-corrected chi connectivity index (χ2v) is 6.97. The summed E-state index contributed by atoms with van der Waals surface area (Å²) in [7, 11) is 0. The van der Waals surface area contributed by atoms with Gasteiger partial charge in [0.2, 0.25) is 5.82 Å². The topological polar surface area (TPSA) is 77.2 Å². The minimum Gasteiger partial charge on any atom is -0.483 e. The Labute approximate surface area is 174 Å². The fourth-order valence-corrected chi connectivity index (χ4v) is 2.92. The summed E-state index contributed by atoms with van der Waals surface area (Å²) in [6.07, 6.45) is 0. The largest absolute Gasteiger partial charge is 0.483 e. The minimum absolute atomic E-state index is 0.0594. The zero-order valence-corrected chi connectivity index (χ0v) is 16.8. The Balaban J connectivity index is 1.38. The second-order valence-electron chi connectivity index (χ2n) is 6.97. The number of hydrogen-bond acceptors (Lipinski definition) is 5. The van der Waals surface area contributed by atoms with E-state index in [1.54, 1.807) is 12.1 Å². The molecule has 30 heavy (non-hydrogen) atoms. The van der Waals surface area contributed by atoms with E-state index in [-0.39, 0.29) is 12.5 Å². The van der Waals surface area contributed by atoms with Gasteiger partial charge in [-0.15, -0.1) is 0 Å². The van der Waals surface area contributed by atoms with Crippen LogP contribution in [0.2, 0.25) is 0 Å². The van der Waals surface area contributed by atoms with Gasteiger partial charge in [-0.3, -0.25) is 4.79 Å². The zero-order valence-electron chi connectivity index (χ0n) is 16.8. The van der Waals surface area contributed by atoms with Crippen LogP contribution >= 0.6 is 0 Å². The number of nitrogens with zero attached hydrogens (tertiary/aromatic N) is 2. The van der Waals surface area contributed by atoms with Gasteiger partial charge in [0, 0.05) is 16.8 Å². The lowest BCUT2D eigenvalue weighted by Gasteiger charge is -2.09. The summed E-state index contributed by atoms with van der Waals surface area (Å²) in [5.41, 5.74) is 4.49. The molecular formula is C24H21N3O3. The first-order valence-electron chi connectivity index (χ1n) is 9.58. The summed E-state index contributed by atoms with van der Waals surface area (Å²) < 4.78 is 11.0. The van der Waals surface area contributed by atoms with E-state index < -0.39 is 0 Å². The van der Waals surface area contributed by atoms with E-state index >= 15 is 0 Å². The molecule has 0 saturated heterocycles. The molecule has 0 saturated carbocycles. The van der Waals surface area contributed by atoms with Crippen LogP contribution in [0.25, 0.3) is 22.8 Å². The Bertz CT molecular complexity index is 1150. The molecule has 0 aliphatic heterocycles. The lowest BCUT2D eigenvalue weighted by molar-refractivity contribution is -0.118. The maximum atomic E-state index is 12.2. The molecular weight excluding hydrogens is 378 g/mol. The summed E-state index contributed by atoms with van der Waals surface area (Å²) >= 11 is 0. The molecule has 4 aromatic rings. The lowest BCUT2D eigenvalue weighted by atomic mass is 10.1. The number of ether oxygens (including phenoxy) is 1. The van der Waals surface area contributed by atoms with E-state index in [1.807, 2.05) is 74.5 Å². The highest BCUT2D eigenvalue weighted by molar-refractivity contribution is 5.92. The highest BCUT2D eigenvalue weighted by atomic mass is 16.5. The number of hydrogen-bond donors (Lipinski definition) is 1. The number of aromatic nitrogens is 2. The van der Waals surface area contributed by atoms with Gasteiger partial charge in [0.15, 0.2) is 6.61 Å². The van der Waals surface area contributed by atoms with Crippen molar-refractivity contribution in [3.05, 3.63) is 83.9 Å². The number of anilines is 1. The number of nitrogens with one attached hydrogen (secondary N) is 1. The molecule has 6 heteroatoms. The number of para-hydroxylation sites is 1. The van der Waals surface area contributed by atoms with Crippen molar-refractivity contribution >= 4 is 11.6 Å². The number of aryl methyl sites for hydroxylation is 2. The molecule has 0 bridgehead atoms. The lowest BCUT2D eigenvalue weighted by Crippen LogP contribution is -2.20. The predicted octanol–water partition coefficient (Wildman–Crippen LogP) is 5.04. The van der Waals surface area contributed by atoms with E-state index in [0.29, 0.717) is 23.2 Å². The first kappa shape index (κ1) is 19.4. The summed E-state index contributed by atoms with van der Waals surface area (Å²) in [6.45, 7) is 3.91. The average Bonchev–Trinajstić information content (AvgIpc) is 3.24. The number of benzene rings is 3. The number of rotatable bonds is 6. The molecule has 1 heterocycles. The first-order valence-corrected chi connectivity index (χ1v) is 9.58. The van der Waals surface area contributed by atoms with Crippen molar-refractivity contribution in [2.45, 2.75) is 13.8 Å². The van der Waals surface area contributed by atoms with Crippen LogP contribution in [-0.2, 0) is 4.79 Å². The smallest absolute Gasteiger partial charge is 0.262 e. The van der Waals surface area contributed by atoms with Crippen LogP contribution in [-0.4, -0.2) is 22.7 Å². The molecule has 0 radical (unpaired) electrons. The molecule has 150 valence electrons. The van der Waals surface area contributed by atoms with Gasteiger partial charge >= 0.3 is 0 Å². The third-order valence-electron chi connectivity index (χ3n) is 4.60. The molecule has 0 atom stereocenters. The van der Waals surface area contributed by atoms with Crippen LogP contribution in [0.15, 0.2) is 77.3 Å². The van der Waals surface area contributed by atoms with Crippen molar-refractivity contribution in [1.29, 1.82) is 0 Å². The Morgan fingerprint density at radius 2 is 1.63 bits per heavy atom. The van der Waals surface area contributed by atoms with Gasteiger partial charge in [0.1, 0.15) is 5.75 Å². The van der Waals surface area contributed by atoms with Crippen molar-refractivity contribution < 1.29 is 14.1 Å². The van der Waals surface area contributed by atoms with E-state index in [2.05, 4.69) is 15.5 Å². The Kier molecular flexibility index (Phi) is 5.57. The SMILES string of the molecule is Cc1ccc(-c2noc(-c3ccc(NC(=O)COc4ccccc4C)cc3)n2)cc1. The van der Waals surface area contributed by atoms with Gasteiger partial charge in [0.25, 0.3) is 11.8 Å². The number of carbonyl (C=O) groups is 1. The van der Waals surface area contributed by atoms with Gasteiger partial charge in [-0.1, -0.05) is 53.2 Å². The third-order valence-corrected chi connectivity index (χ3v) is 4.60. The Hall–Kier alpha value is -3.93. The van der Waals surface area contributed by atoms with Gasteiger partial charge in [-0.25, -0.2) is 0 Å². The van der Waals surface area contributed by atoms with E-state index in [1.165, 1.54) is 5.56 Å². The van der Waals surface area contributed by atoms with Crippen LogP contribution in [0.4, 0.5) is 5.69 Å². The Morgan fingerprint density at radius 3 is 2.37 bits per heavy atom. The molecule has 1 amide bonds. The van der Waals surface area contributed by atoms with Gasteiger partial charge < -0.3 is 14.6 Å². The standard InChI is InChI=1S/C24H21N3O3/c1-16-7-9-18(10-8-16)23-26-24(30-27-23)19-11-13-20(14-12-19)25-22(28)15-29-21-6-4-3-5-17(21)2/h3-14H,15H2,1-2H3,(H,25,28). The monoisotopic (exact) mass is 399 g/mol. The predicted molar refractivity (Wildman–Crippen MR) is 115 cm³/mol. The molecule has 0 aliphatic rings. The van der Waals surface area contributed by atoms with Crippen LogP contribution in [0.3, 0.4) is 0 Å². The highest BCUT2D eigenvalue weighted by Gasteiger charge is 2.11. The van der Waals surface area contributed by atoms with Crippen molar-refractivity contribution in [3.8, 4) is 28.6 Å². The number of carbonyl (C=O) groups excluding carboxylic acids is 1. The van der Waals surface area contributed by atoms with Crippen molar-refractivity contribution in [2.75, 3.05) is 11.9 Å². The Morgan fingerprint density at radius 1 is 0.933 bits per heavy atom. The molecule has 1 N–H and O–H groups in total. The fourth-order valence-electron chi connectivity index (χ4n) is 2.92. The van der Waals surface area contributed by atoms with Crippen LogP contribution in [0.1, 0.15) is 11.1 Å². The molecule has 6 nitrogen and oxygen atoms in total. The van der Waals surface area contributed by atoms with E-state index in [9.17, 15) is 4.79 Å². The maximum Gasteiger partial charge on any atom is 0.262 e. The quantitative estimate of drug-likeness (QED) is 0.492. The molecule has 3 aromatic carbocycles. The third kappa shape index (κ3) is 4.55. The van der Waals surface area contributed by atoms with E-state index in [4.69, 9.17) is 9.26 Å². The van der Waals surface area contributed by atoms with Gasteiger partial charge in [0.05, 0.1) is 0 Å². The fraction of sp³-hybridized carbons (Fsp3) is 0.125. The molecule has 0 spiro atoms. The molecule has 0 aliphatic carbocycles. The summed E-state index contributed by atoms with van der Waals surface area (Å²) in [4.78, 5) is 16.6. The van der Waals surface area contributed by atoms with Crippen molar-refractivity contribution in [1.82, 2.24) is 10.1 Å². The maximum absolute atomic E-state index is 12.2. The van der Waals surface area contributed by atoms with Crippen molar-refractivity contribution in [2.24, 2.45) is 0 Å². The van der Waals surface area contributed by atoms with Gasteiger partial charge in [-0.2, -0.15) is 4.98 Å². The molecule has 4 rings (SSSR count). The molecule has 0 fully saturated rings. The second kappa shape index (κ2) is 8.61. The van der Waals surface area contributed by atoms with E-state index in [0.717, 1.165) is 16.7 Å².